The summed E-state index contributed by atoms with van der Waals surface area (Å²) in [7, 11) is 0. The van der Waals surface area contributed by atoms with Gasteiger partial charge in [0, 0.05) is 30.7 Å². The van der Waals surface area contributed by atoms with Crippen molar-refractivity contribution < 1.29 is 4.79 Å². The van der Waals surface area contributed by atoms with Gasteiger partial charge in [-0.15, -0.1) is 10.2 Å². The standard InChI is InChI=1S/C20H27N5O/c1-14(2)25-13-21-23-19(25)16-7-5-11-24(12-16)20(26)18-10-9-15-6-3-4-8-17(15)22-18/h9-10,13-14,16H,3-8,11-12H2,1-2H3. The number of likely N-dealkylation sites (tertiary alicyclic amines) is 1. The molecule has 1 aliphatic carbocycles. The monoisotopic (exact) mass is 353 g/mol. The number of fused-ring (bicyclic) bond motifs is 1. The van der Waals surface area contributed by atoms with Crippen molar-refractivity contribution in [1.29, 1.82) is 0 Å². The molecule has 3 heterocycles. The van der Waals surface area contributed by atoms with E-state index in [2.05, 4.69) is 34.7 Å². The number of aryl methyl sites for hydroxylation is 2. The van der Waals surface area contributed by atoms with Crippen molar-refractivity contribution in [2.75, 3.05) is 13.1 Å². The molecule has 2 aromatic heterocycles. The van der Waals surface area contributed by atoms with E-state index in [0.29, 0.717) is 18.3 Å². The van der Waals surface area contributed by atoms with Crippen LogP contribution in [-0.2, 0) is 12.8 Å². The van der Waals surface area contributed by atoms with Gasteiger partial charge in [0.25, 0.3) is 5.91 Å². The lowest BCUT2D eigenvalue weighted by atomic mass is 9.95. The first kappa shape index (κ1) is 17.2. The average Bonchev–Trinajstić information content (AvgIpc) is 3.17. The average molecular weight is 353 g/mol. The van der Waals surface area contributed by atoms with Crippen LogP contribution < -0.4 is 0 Å². The maximum atomic E-state index is 13.0. The highest BCUT2D eigenvalue weighted by molar-refractivity contribution is 5.92. The fourth-order valence-electron chi connectivity index (χ4n) is 4.18. The summed E-state index contributed by atoms with van der Waals surface area (Å²) in [6.07, 6.45) is 8.33. The second-order valence-electron chi connectivity index (χ2n) is 7.79. The summed E-state index contributed by atoms with van der Waals surface area (Å²) in [5, 5.41) is 8.44. The number of hydrogen-bond donors (Lipinski definition) is 0. The van der Waals surface area contributed by atoms with Gasteiger partial charge in [-0.25, -0.2) is 4.98 Å². The molecule has 0 radical (unpaired) electrons. The fraction of sp³-hybridized carbons (Fsp3) is 0.600. The predicted molar refractivity (Wildman–Crippen MR) is 99.2 cm³/mol. The molecule has 2 aliphatic rings. The Hall–Kier alpha value is -2.24. The van der Waals surface area contributed by atoms with Crippen molar-refractivity contribution in [2.45, 2.75) is 64.3 Å². The zero-order chi connectivity index (χ0) is 18.1. The summed E-state index contributed by atoms with van der Waals surface area (Å²) >= 11 is 0. The lowest BCUT2D eigenvalue weighted by Gasteiger charge is -2.32. The Morgan fingerprint density at radius 3 is 2.88 bits per heavy atom. The minimum absolute atomic E-state index is 0.0543. The molecular weight excluding hydrogens is 326 g/mol. The second kappa shape index (κ2) is 7.17. The van der Waals surface area contributed by atoms with Gasteiger partial charge in [-0.05, 0) is 64.0 Å². The van der Waals surface area contributed by atoms with Crippen LogP contribution in [0.25, 0.3) is 0 Å². The summed E-state index contributed by atoms with van der Waals surface area (Å²) in [5.74, 6) is 1.30. The normalized spacial score (nSPS) is 20.3. The fourth-order valence-corrected chi connectivity index (χ4v) is 4.18. The number of carbonyl (C=O) groups is 1. The Morgan fingerprint density at radius 1 is 1.19 bits per heavy atom. The van der Waals surface area contributed by atoms with Gasteiger partial charge in [-0.1, -0.05) is 6.07 Å². The third-order valence-corrected chi connectivity index (χ3v) is 5.63. The van der Waals surface area contributed by atoms with Gasteiger partial charge < -0.3 is 9.47 Å². The van der Waals surface area contributed by atoms with Crippen LogP contribution in [0, 0.1) is 0 Å². The molecule has 26 heavy (non-hydrogen) atoms. The van der Waals surface area contributed by atoms with Gasteiger partial charge in [0.1, 0.15) is 17.8 Å². The van der Waals surface area contributed by atoms with E-state index >= 15 is 0 Å². The van der Waals surface area contributed by atoms with Crippen molar-refractivity contribution in [3.05, 3.63) is 41.2 Å². The number of carbonyl (C=O) groups excluding carboxylic acids is 1. The minimum atomic E-state index is 0.0543. The van der Waals surface area contributed by atoms with Crippen molar-refractivity contribution in [3.63, 3.8) is 0 Å². The number of pyridine rings is 1. The minimum Gasteiger partial charge on any atom is -0.337 e. The molecule has 1 unspecified atom stereocenters. The van der Waals surface area contributed by atoms with E-state index in [-0.39, 0.29) is 11.8 Å². The van der Waals surface area contributed by atoms with E-state index in [4.69, 9.17) is 4.98 Å². The third kappa shape index (κ3) is 3.24. The highest BCUT2D eigenvalue weighted by atomic mass is 16.2. The Labute approximate surface area is 154 Å². The quantitative estimate of drug-likeness (QED) is 0.850. The van der Waals surface area contributed by atoms with Crippen molar-refractivity contribution in [2.24, 2.45) is 0 Å². The molecule has 0 bridgehead atoms. The van der Waals surface area contributed by atoms with Gasteiger partial charge in [0.05, 0.1) is 0 Å². The first-order valence-corrected chi connectivity index (χ1v) is 9.81. The number of hydrogen-bond acceptors (Lipinski definition) is 4. The molecule has 6 heteroatoms. The van der Waals surface area contributed by atoms with Crippen LogP contribution in [0.3, 0.4) is 0 Å². The lowest BCUT2D eigenvalue weighted by Crippen LogP contribution is -2.40. The number of rotatable bonds is 3. The van der Waals surface area contributed by atoms with Gasteiger partial charge >= 0.3 is 0 Å². The summed E-state index contributed by atoms with van der Waals surface area (Å²) in [6.45, 7) is 5.76. The SMILES string of the molecule is CC(C)n1cnnc1C1CCCN(C(=O)c2ccc3c(n2)CCCC3)C1. The van der Waals surface area contributed by atoms with Gasteiger partial charge in [-0.3, -0.25) is 4.79 Å². The van der Waals surface area contributed by atoms with E-state index in [1.165, 1.54) is 18.4 Å². The molecule has 1 aliphatic heterocycles. The second-order valence-corrected chi connectivity index (χ2v) is 7.79. The van der Waals surface area contributed by atoms with Crippen LogP contribution in [0.2, 0.25) is 0 Å². The molecule has 0 saturated carbocycles. The number of aromatic nitrogens is 4. The molecule has 4 rings (SSSR count). The highest BCUT2D eigenvalue weighted by Gasteiger charge is 2.29. The smallest absolute Gasteiger partial charge is 0.272 e. The van der Waals surface area contributed by atoms with Crippen LogP contribution in [-0.4, -0.2) is 43.6 Å². The van der Waals surface area contributed by atoms with Gasteiger partial charge in [-0.2, -0.15) is 0 Å². The first-order valence-electron chi connectivity index (χ1n) is 9.81. The number of amides is 1. The molecule has 0 spiro atoms. The summed E-state index contributed by atoms with van der Waals surface area (Å²) in [5.41, 5.74) is 3.03. The zero-order valence-electron chi connectivity index (χ0n) is 15.7. The molecule has 1 saturated heterocycles. The van der Waals surface area contributed by atoms with Gasteiger partial charge in [0.2, 0.25) is 0 Å². The predicted octanol–water partition coefficient (Wildman–Crippen LogP) is 3.15. The summed E-state index contributed by atoms with van der Waals surface area (Å²) in [4.78, 5) is 19.7. The Morgan fingerprint density at radius 2 is 2.04 bits per heavy atom. The van der Waals surface area contributed by atoms with E-state index < -0.39 is 0 Å². The van der Waals surface area contributed by atoms with E-state index in [0.717, 1.165) is 43.7 Å². The maximum absolute atomic E-state index is 13.0. The molecule has 0 N–H and O–H groups in total. The van der Waals surface area contributed by atoms with Crippen LogP contribution >= 0.6 is 0 Å². The van der Waals surface area contributed by atoms with Crippen LogP contribution in [0.5, 0.6) is 0 Å². The maximum Gasteiger partial charge on any atom is 0.272 e. The lowest BCUT2D eigenvalue weighted by molar-refractivity contribution is 0.0696. The summed E-state index contributed by atoms with van der Waals surface area (Å²) < 4.78 is 2.12. The van der Waals surface area contributed by atoms with Crippen molar-refractivity contribution in [1.82, 2.24) is 24.6 Å². The number of piperidine rings is 1. The zero-order valence-corrected chi connectivity index (χ0v) is 15.7. The van der Waals surface area contributed by atoms with Crippen molar-refractivity contribution >= 4 is 5.91 Å². The molecule has 1 atom stereocenters. The van der Waals surface area contributed by atoms with E-state index in [9.17, 15) is 4.79 Å². The topological polar surface area (TPSA) is 63.9 Å². The highest BCUT2D eigenvalue weighted by Crippen LogP contribution is 2.28. The van der Waals surface area contributed by atoms with E-state index in [1.807, 2.05) is 11.0 Å². The molecule has 138 valence electrons. The van der Waals surface area contributed by atoms with Gasteiger partial charge in [0.15, 0.2) is 0 Å². The van der Waals surface area contributed by atoms with Crippen LogP contribution in [0.4, 0.5) is 0 Å². The molecular formula is C20H27N5O. The molecule has 0 aromatic carbocycles. The number of nitrogens with zero attached hydrogens (tertiary/aromatic N) is 5. The molecule has 1 amide bonds. The van der Waals surface area contributed by atoms with Crippen molar-refractivity contribution in [3.8, 4) is 0 Å². The van der Waals surface area contributed by atoms with E-state index in [1.54, 1.807) is 6.33 Å². The first-order chi connectivity index (χ1) is 12.6. The Kier molecular flexibility index (Phi) is 4.74. The van der Waals surface area contributed by atoms with Crippen LogP contribution in [0.1, 0.15) is 79.1 Å². The molecule has 6 nitrogen and oxygen atoms in total. The molecule has 1 fully saturated rings. The Balaban J connectivity index is 1.52. The Bertz CT molecular complexity index is 797. The molecule has 2 aromatic rings. The van der Waals surface area contributed by atoms with Crippen LogP contribution in [0.15, 0.2) is 18.5 Å². The third-order valence-electron chi connectivity index (χ3n) is 5.63. The largest absolute Gasteiger partial charge is 0.337 e. The summed E-state index contributed by atoms with van der Waals surface area (Å²) in [6, 6.07) is 4.34.